The van der Waals surface area contributed by atoms with Crippen molar-refractivity contribution in [3.8, 4) is 23.0 Å². The summed E-state index contributed by atoms with van der Waals surface area (Å²) in [7, 11) is -0.623. The first kappa shape index (κ1) is 29.8. The summed E-state index contributed by atoms with van der Waals surface area (Å²) >= 11 is 0. The number of nitrogens with one attached hydrogen (secondary N) is 2. The highest BCUT2D eigenvalue weighted by atomic mass is 32.2. The van der Waals surface area contributed by atoms with E-state index in [1.807, 2.05) is 0 Å². The molecule has 1 atom stereocenters. The van der Waals surface area contributed by atoms with E-state index in [-0.39, 0.29) is 16.3 Å². The van der Waals surface area contributed by atoms with E-state index < -0.39 is 21.9 Å². The van der Waals surface area contributed by atoms with Gasteiger partial charge in [0.1, 0.15) is 10.7 Å². The van der Waals surface area contributed by atoms with Crippen LogP contribution in [0, 0.1) is 5.82 Å². The van der Waals surface area contributed by atoms with Gasteiger partial charge >= 0.3 is 0 Å². The molecule has 0 bridgehead atoms. The van der Waals surface area contributed by atoms with Gasteiger partial charge in [-0.3, -0.25) is 14.6 Å². The Balaban J connectivity index is 1.29. The van der Waals surface area contributed by atoms with Crippen LogP contribution in [0.1, 0.15) is 20.3 Å². The highest BCUT2D eigenvalue weighted by Crippen LogP contribution is 2.38. The quantitative estimate of drug-likeness (QED) is 0.312. The molecule has 1 unspecified atom stereocenters. The first-order valence-electron chi connectivity index (χ1n) is 13.8. The lowest BCUT2D eigenvalue weighted by Gasteiger charge is -2.26. The number of fused-ring (bicyclic) bond motifs is 1. The summed E-state index contributed by atoms with van der Waals surface area (Å²) in [6, 6.07) is 8.66. The number of rotatable bonds is 11. The lowest BCUT2D eigenvalue weighted by molar-refractivity contribution is 0.0357. The first-order chi connectivity index (χ1) is 20.2. The molecule has 0 amide bonds. The van der Waals surface area contributed by atoms with Gasteiger partial charge in [0.2, 0.25) is 0 Å². The minimum atomic E-state index is -3.91. The Labute approximate surface area is 245 Å². The highest BCUT2D eigenvalue weighted by Gasteiger charge is 2.33. The molecular weight excluding hydrogens is 565 g/mol. The van der Waals surface area contributed by atoms with Crippen molar-refractivity contribution < 1.29 is 31.8 Å². The second-order valence-corrected chi connectivity index (χ2v) is 11.8. The van der Waals surface area contributed by atoms with E-state index in [0.29, 0.717) is 40.5 Å². The van der Waals surface area contributed by atoms with Crippen LogP contribution in [0.4, 0.5) is 10.1 Å². The summed E-state index contributed by atoms with van der Waals surface area (Å²) in [6.45, 7) is 8.26. The minimum Gasteiger partial charge on any atom is -0.493 e. The molecule has 2 aromatic carbocycles. The molecule has 0 saturated carbocycles. The van der Waals surface area contributed by atoms with Crippen molar-refractivity contribution in [2.24, 2.45) is 0 Å². The fourth-order valence-corrected chi connectivity index (χ4v) is 6.70. The van der Waals surface area contributed by atoms with E-state index in [1.54, 1.807) is 57.4 Å². The van der Waals surface area contributed by atoms with Crippen molar-refractivity contribution in [3.05, 3.63) is 59.0 Å². The van der Waals surface area contributed by atoms with Crippen LogP contribution < -0.4 is 24.4 Å². The van der Waals surface area contributed by atoms with Crippen molar-refractivity contribution in [1.82, 2.24) is 20.3 Å². The Bertz CT molecular complexity index is 1580. The Morgan fingerprint density at radius 1 is 1.12 bits per heavy atom. The lowest BCUT2D eigenvalue weighted by Crippen LogP contribution is -2.37. The molecule has 3 heterocycles. The number of benzene rings is 2. The molecule has 11 nitrogen and oxygen atoms in total. The third kappa shape index (κ3) is 6.54. The number of pyridine rings is 1. The molecular formula is C29H36FN5O6S. The lowest BCUT2D eigenvalue weighted by atomic mass is 10.1. The molecule has 3 aromatic rings. The minimum absolute atomic E-state index is 0.0705. The van der Waals surface area contributed by atoms with Gasteiger partial charge in [0.25, 0.3) is 10.0 Å². The summed E-state index contributed by atoms with van der Waals surface area (Å²) in [5.41, 5.74) is 4.27. The summed E-state index contributed by atoms with van der Waals surface area (Å²) in [5, 5.41) is 2.25. The summed E-state index contributed by atoms with van der Waals surface area (Å²) in [4.78, 5) is 6.98. The van der Waals surface area contributed by atoms with Crippen LogP contribution in [0.2, 0.25) is 0 Å². The van der Waals surface area contributed by atoms with Crippen LogP contribution in [0.15, 0.2) is 53.2 Å². The average Bonchev–Trinajstić information content (AvgIpc) is 3.23. The number of hydrogen-bond donors (Lipinski definition) is 2. The molecule has 42 heavy (non-hydrogen) atoms. The second kappa shape index (κ2) is 12.7. The molecule has 2 aliphatic rings. The summed E-state index contributed by atoms with van der Waals surface area (Å²) in [5.74, 6) is 0.622. The van der Waals surface area contributed by atoms with Gasteiger partial charge < -0.3 is 24.0 Å². The Morgan fingerprint density at radius 3 is 2.60 bits per heavy atom. The van der Waals surface area contributed by atoms with Crippen LogP contribution >= 0.6 is 0 Å². The standard InChI is InChI=1S/C29H36FN5O6S/c1-19-29(20(2)34(3)32-19)42(36,37)33-21-6-7-26(23(30)16-21)41-25-8-9-31-24-18-28(27(38-4)17-22(24)25)40-13-5-10-35-11-14-39-15-12-35/h6-9,16-19,32-33H,5,10-15H2,1-4H3. The number of nitrogens with zero attached hydrogens (tertiary/aromatic N) is 3. The summed E-state index contributed by atoms with van der Waals surface area (Å²) in [6.07, 6.45) is 2.42. The average molecular weight is 602 g/mol. The smallest absolute Gasteiger partial charge is 0.261 e. The largest absolute Gasteiger partial charge is 0.493 e. The molecule has 1 saturated heterocycles. The number of ether oxygens (including phenoxy) is 4. The van der Waals surface area contributed by atoms with E-state index in [1.165, 1.54) is 12.1 Å². The zero-order valence-electron chi connectivity index (χ0n) is 24.1. The monoisotopic (exact) mass is 601 g/mol. The maximum atomic E-state index is 15.2. The maximum absolute atomic E-state index is 15.2. The van der Waals surface area contributed by atoms with Crippen LogP contribution in [0.5, 0.6) is 23.0 Å². The van der Waals surface area contributed by atoms with Crippen LogP contribution in [0.3, 0.4) is 0 Å². The molecule has 0 aliphatic carbocycles. The van der Waals surface area contributed by atoms with Gasteiger partial charge in [0.05, 0.1) is 44.2 Å². The second-order valence-electron chi connectivity index (χ2n) is 10.2. The van der Waals surface area contributed by atoms with Gasteiger partial charge in [-0.1, -0.05) is 0 Å². The van der Waals surface area contributed by atoms with Crippen molar-refractivity contribution in [2.75, 3.05) is 58.3 Å². The van der Waals surface area contributed by atoms with E-state index in [2.05, 4.69) is 20.0 Å². The molecule has 13 heteroatoms. The van der Waals surface area contributed by atoms with Gasteiger partial charge in [-0.15, -0.1) is 0 Å². The van der Waals surface area contributed by atoms with E-state index in [4.69, 9.17) is 18.9 Å². The number of hydrazine groups is 1. The molecule has 1 fully saturated rings. The van der Waals surface area contributed by atoms with Gasteiger partial charge in [0.15, 0.2) is 23.1 Å². The zero-order valence-corrected chi connectivity index (χ0v) is 25.0. The number of anilines is 1. The van der Waals surface area contributed by atoms with Gasteiger partial charge in [0, 0.05) is 56.1 Å². The van der Waals surface area contributed by atoms with Crippen molar-refractivity contribution >= 4 is 26.6 Å². The Morgan fingerprint density at radius 2 is 1.90 bits per heavy atom. The molecule has 1 aromatic heterocycles. The van der Waals surface area contributed by atoms with Gasteiger partial charge in [-0.2, -0.15) is 0 Å². The SMILES string of the molecule is COc1cc2c(Oc3ccc(NS(=O)(=O)C4=C(C)N(C)NC4C)cc3F)ccnc2cc1OCCCN1CCOCC1. The normalized spacial score (nSPS) is 18.0. The number of halogens is 1. The van der Waals surface area contributed by atoms with Crippen LogP contribution in [-0.2, 0) is 14.8 Å². The van der Waals surface area contributed by atoms with E-state index in [9.17, 15) is 8.42 Å². The third-order valence-corrected chi connectivity index (χ3v) is 9.03. The molecule has 0 spiro atoms. The Hall–Kier alpha value is -3.65. The molecule has 2 aliphatic heterocycles. The molecule has 0 radical (unpaired) electrons. The Kier molecular flexibility index (Phi) is 9.02. The number of methoxy groups -OCH3 is 1. The topological polar surface area (TPSA) is 114 Å². The predicted octanol–water partition coefficient (Wildman–Crippen LogP) is 4.09. The van der Waals surface area contributed by atoms with Crippen molar-refractivity contribution in [2.45, 2.75) is 26.3 Å². The molecule has 226 valence electrons. The van der Waals surface area contributed by atoms with E-state index in [0.717, 1.165) is 45.3 Å². The van der Waals surface area contributed by atoms with Gasteiger partial charge in [-0.05, 0) is 44.5 Å². The van der Waals surface area contributed by atoms with Gasteiger partial charge in [-0.25, -0.2) is 18.2 Å². The van der Waals surface area contributed by atoms with Crippen molar-refractivity contribution in [1.29, 1.82) is 0 Å². The number of hydrogen-bond acceptors (Lipinski definition) is 10. The first-order valence-corrected chi connectivity index (χ1v) is 15.2. The number of aromatic nitrogens is 1. The molecule has 2 N–H and O–H groups in total. The zero-order chi connectivity index (χ0) is 29.9. The summed E-state index contributed by atoms with van der Waals surface area (Å²) < 4.78 is 66.6. The fraction of sp³-hybridized carbons (Fsp3) is 0.414. The molecule has 5 rings (SSSR count). The highest BCUT2D eigenvalue weighted by molar-refractivity contribution is 7.96. The van der Waals surface area contributed by atoms with Crippen molar-refractivity contribution in [3.63, 3.8) is 0 Å². The van der Waals surface area contributed by atoms with Crippen LogP contribution in [0.25, 0.3) is 10.9 Å². The van der Waals surface area contributed by atoms with E-state index >= 15 is 4.39 Å². The van der Waals surface area contributed by atoms with Crippen LogP contribution in [-0.4, -0.2) is 83.0 Å². The maximum Gasteiger partial charge on any atom is 0.261 e. The number of allylic oxidation sites excluding steroid dienone is 1. The fourth-order valence-electron chi connectivity index (χ4n) is 5.11. The predicted molar refractivity (Wildman–Crippen MR) is 158 cm³/mol. The number of sulfonamides is 1. The number of morpholine rings is 1. The third-order valence-electron chi connectivity index (χ3n) is 7.30.